The van der Waals surface area contributed by atoms with Gasteiger partial charge in [0, 0.05) is 27.9 Å². The molecule has 186 valence electrons. The number of rotatable bonds is 6. The van der Waals surface area contributed by atoms with Crippen LogP contribution in [0, 0.1) is 5.92 Å². The van der Waals surface area contributed by atoms with Crippen LogP contribution >= 0.6 is 23.2 Å². The van der Waals surface area contributed by atoms with Gasteiger partial charge in [0.1, 0.15) is 0 Å². The van der Waals surface area contributed by atoms with Crippen molar-refractivity contribution < 1.29 is 22.8 Å². The number of carbonyl (C=O) groups excluding carboxylic acids is 1. The topological polar surface area (TPSA) is 50.7 Å². The summed E-state index contributed by atoms with van der Waals surface area (Å²) < 4.78 is 42.8. The first-order chi connectivity index (χ1) is 17.2. The first-order valence-corrected chi connectivity index (χ1v) is 12.2. The van der Waals surface area contributed by atoms with Gasteiger partial charge in [0.05, 0.1) is 11.8 Å². The molecule has 5 rings (SSSR count). The van der Waals surface area contributed by atoms with Gasteiger partial charge in [-0.05, 0) is 47.7 Å². The molecule has 0 spiro atoms. The molecule has 2 unspecified atom stereocenters. The van der Waals surface area contributed by atoms with Crippen molar-refractivity contribution >= 4 is 34.8 Å². The standard InChI is InChI=1S/C27H21Cl2F3N2O2/c28-21-12-20(13-22(29)14-21)26(27(30,31)32)15-23(34-36-26)16-6-8-18(9-7-16)24(17-4-2-1-3-5-17)33-25(35)19-10-11-19/h1-9,12-14,19,24H,10-11,15H2,(H,33,35). The van der Waals surface area contributed by atoms with Gasteiger partial charge in [0.2, 0.25) is 5.91 Å². The third-order valence-electron chi connectivity index (χ3n) is 6.46. The van der Waals surface area contributed by atoms with Gasteiger partial charge in [-0.2, -0.15) is 13.2 Å². The number of nitrogens with one attached hydrogen (secondary N) is 1. The largest absolute Gasteiger partial charge is 0.435 e. The van der Waals surface area contributed by atoms with E-state index in [1.807, 2.05) is 30.3 Å². The molecule has 4 nitrogen and oxygen atoms in total. The van der Waals surface area contributed by atoms with Crippen molar-refractivity contribution in [2.24, 2.45) is 11.1 Å². The molecule has 1 saturated carbocycles. The number of carbonyl (C=O) groups is 1. The lowest BCUT2D eigenvalue weighted by Gasteiger charge is -2.29. The fourth-order valence-electron chi connectivity index (χ4n) is 4.32. The molecule has 1 heterocycles. The molecule has 0 radical (unpaired) electrons. The van der Waals surface area contributed by atoms with E-state index in [-0.39, 0.29) is 39.2 Å². The van der Waals surface area contributed by atoms with Gasteiger partial charge in [-0.1, -0.05) is 83.0 Å². The molecule has 3 aromatic rings. The summed E-state index contributed by atoms with van der Waals surface area (Å²) in [6.45, 7) is 0. The summed E-state index contributed by atoms with van der Waals surface area (Å²) in [5.74, 6) is 0.0348. The predicted octanol–water partition coefficient (Wildman–Crippen LogP) is 7.19. The first kappa shape index (κ1) is 24.7. The van der Waals surface area contributed by atoms with Gasteiger partial charge in [0.25, 0.3) is 5.60 Å². The maximum Gasteiger partial charge on any atom is 0.435 e. The fraction of sp³-hybridized carbons (Fsp3) is 0.259. The van der Waals surface area contributed by atoms with Crippen LogP contribution in [0.4, 0.5) is 13.2 Å². The average molecular weight is 533 g/mol. The third-order valence-corrected chi connectivity index (χ3v) is 6.90. The van der Waals surface area contributed by atoms with Crippen LogP contribution in [-0.2, 0) is 15.2 Å². The second-order valence-electron chi connectivity index (χ2n) is 9.04. The van der Waals surface area contributed by atoms with Crippen LogP contribution in [0.15, 0.2) is 78.0 Å². The van der Waals surface area contributed by atoms with Crippen LogP contribution in [0.1, 0.15) is 47.6 Å². The minimum absolute atomic E-state index is 0.00311. The molecule has 3 aromatic carbocycles. The number of hydrogen-bond donors (Lipinski definition) is 1. The minimum Gasteiger partial charge on any atom is -0.374 e. The van der Waals surface area contributed by atoms with Crippen LogP contribution < -0.4 is 5.32 Å². The van der Waals surface area contributed by atoms with Crippen LogP contribution in [0.3, 0.4) is 0 Å². The molecule has 1 amide bonds. The molecule has 2 atom stereocenters. The zero-order chi connectivity index (χ0) is 25.5. The van der Waals surface area contributed by atoms with E-state index in [9.17, 15) is 18.0 Å². The van der Waals surface area contributed by atoms with E-state index in [1.54, 1.807) is 24.3 Å². The van der Waals surface area contributed by atoms with Gasteiger partial charge in [-0.25, -0.2) is 0 Å². The first-order valence-electron chi connectivity index (χ1n) is 11.4. The summed E-state index contributed by atoms with van der Waals surface area (Å²) in [5, 5.41) is 7.06. The number of hydrogen-bond acceptors (Lipinski definition) is 3. The summed E-state index contributed by atoms with van der Waals surface area (Å²) in [5.41, 5.74) is -0.557. The van der Waals surface area contributed by atoms with Crippen LogP contribution in [0.25, 0.3) is 0 Å². The van der Waals surface area contributed by atoms with E-state index in [4.69, 9.17) is 28.0 Å². The maximum absolute atomic E-state index is 14.3. The Kier molecular flexibility index (Phi) is 6.47. The summed E-state index contributed by atoms with van der Waals surface area (Å²) in [7, 11) is 0. The van der Waals surface area contributed by atoms with E-state index in [0.29, 0.717) is 5.56 Å². The zero-order valence-corrected chi connectivity index (χ0v) is 20.4. The Balaban J connectivity index is 1.42. The molecule has 1 N–H and O–H groups in total. The summed E-state index contributed by atoms with van der Waals surface area (Å²) >= 11 is 12.0. The lowest BCUT2D eigenvalue weighted by molar-refractivity contribution is -0.275. The average Bonchev–Trinajstić information content (AvgIpc) is 3.59. The number of oxime groups is 1. The molecule has 0 bridgehead atoms. The lowest BCUT2D eigenvalue weighted by atomic mass is 9.86. The summed E-state index contributed by atoms with van der Waals surface area (Å²) in [6, 6.07) is 19.8. The maximum atomic E-state index is 14.3. The highest BCUT2D eigenvalue weighted by molar-refractivity contribution is 6.34. The van der Waals surface area contributed by atoms with E-state index >= 15 is 0 Å². The minimum atomic E-state index is -4.77. The Morgan fingerprint density at radius 3 is 2.17 bits per heavy atom. The van der Waals surface area contributed by atoms with E-state index in [0.717, 1.165) is 24.0 Å². The highest BCUT2D eigenvalue weighted by Gasteiger charge is 2.62. The Morgan fingerprint density at radius 2 is 1.58 bits per heavy atom. The molecular formula is C27H21Cl2F3N2O2. The molecule has 0 saturated heterocycles. The summed E-state index contributed by atoms with van der Waals surface area (Å²) in [4.78, 5) is 17.6. The van der Waals surface area contributed by atoms with E-state index < -0.39 is 18.2 Å². The Hall–Kier alpha value is -3.03. The lowest BCUT2D eigenvalue weighted by Crippen LogP contribution is -2.42. The predicted molar refractivity (Wildman–Crippen MR) is 132 cm³/mol. The molecular weight excluding hydrogens is 512 g/mol. The quantitative estimate of drug-likeness (QED) is 0.365. The molecule has 1 fully saturated rings. The monoisotopic (exact) mass is 532 g/mol. The number of benzene rings is 3. The zero-order valence-electron chi connectivity index (χ0n) is 18.9. The third kappa shape index (κ3) is 4.82. The molecule has 1 aliphatic carbocycles. The highest BCUT2D eigenvalue weighted by Crippen LogP contribution is 2.49. The molecule has 0 aromatic heterocycles. The molecule has 1 aliphatic heterocycles. The van der Waals surface area contributed by atoms with Gasteiger partial charge < -0.3 is 10.2 Å². The van der Waals surface area contributed by atoms with Gasteiger partial charge >= 0.3 is 6.18 Å². The van der Waals surface area contributed by atoms with Gasteiger partial charge in [0.15, 0.2) is 0 Å². The Labute approximate surface area is 216 Å². The SMILES string of the molecule is O=C(NC(c1ccccc1)c1ccc(C2=NOC(c3cc(Cl)cc(Cl)c3)(C(F)(F)F)C2)cc1)C1CC1. The fourth-order valence-corrected chi connectivity index (χ4v) is 4.85. The normalized spacial score (nSPS) is 20.4. The van der Waals surface area contributed by atoms with Crippen LogP contribution in [0.5, 0.6) is 0 Å². The smallest absolute Gasteiger partial charge is 0.374 e. The van der Waals surface area contributed by atoms with Crippen molar-refractivity contribution in [2.75, 3.05) is 0 Å². The number of alkyl halides is 3. The second-order valence-corrected chi connectivity index (χ2v) is 9.91. The van der Waals surface area contributed by atoms with E-state index in [2.05, 4.69) is 10.5 Å². The van der Waals surface area contributed by atoms with Crippen molar-refractivity contribution in [3.8, 4) is 0 Å². The van der Waals surface area contributed by atoms with Gasteiger partial charge in [-0.15, -0.1) is 0 Å². The van der Waals surface area contributed by atoms with Gasteiger partial charge in [-0.3, -0.25) is 4.79 Å². The summed E-state index contributed by atoms with van der Waals surface area (Å²) in [6.07, 6.45) is -3.54. The Bertz CT molecular complexity index is 1290. The molecule has 36 heavy (non-hydrogen) atoms. The van der Waals surface area contributed by atoms with Crippen LogP contribution in [0.2, 0.25) is 10.0 Å². The Morgan fingerprint density at radius 1 is 0.972 bits per heavy atom. The van der Waals surface area contributed by atoms with E-state index in [1.165, 1.54) is 18.2 Å². The number of nitrogens with zero attached hydrogens (tertiary/aromatic N) is 1. The van der Waals surface area contributed by atoms with Crippen molar-refractivity contribution in [1.29, 1.82) is 0 Å². The van der Waals surface area contributed by atoms with Crippen LogP contribution in [-0.4, -0.2) is 17.8 Å². The van der Waals surface area contributed by atoms with Crippen molar-refractivity contribution in [3.63, 3.8) is 0 Å². The molecule has 9 heteroatoms. The van der Waals surface area contributed by atoms with Crippen molar-refractivity contribution in [3.05, 3.63) is 105 Å². The number of amides is 1. The van der Waals surface area contributed by atoms with Crippen molar-refractivity contribution in [2.45, 2.75) is 37.1 Å². The molecule has 2 aliphatic rings. The highest BCUT2D eigenvalue weighted by atomic mass is 35.5. The second kappa shape index (κ2) is 9.45. The number of halogens is 5. The van der Waals surface area contributed by atoms with Crippen molar-refractivity contribution in [1.82, 2.24) is 5.32 Å².